The molecule has 0 aliphatic heterocycles. The number of hydrogen-bond donors (Lipinski definition) is 0. The van der Waals surface area contributed by atoms with Crippen LogP contribution in [0.5, 0.6) is 0 Å². The first-order chi connectivity index (χ1) is 12.0. The normalized spacial score (nSPS) is 13.7. The molecule has 1 aromatic carbocycles. The van der Waals surface area contributed by atoms with E-state index in [1.165, 1.54) is 25.4 Å². The van der Waals surface area contributed by atoms with Crippen LogP contribution >= 0.6 is 15.9 Å². The van der Waals surface area contributed by atoms with Crippen molar-refractivity contribution in [1.29, 1.82) is 0 Å². The number of methoxy groups -OCH3 is 1. The summed E-state index contributed by atoms with van der Waals surface area (Å²) in [4.78, 5) is 40.0. The third-order valence-electron chi connectivity index (χ3n) is 3.86. The second kappa shape index (κ2) is 6.56. The summed E-state index contributed by atoms with van der Waals surface area (Å²) in [6.07, 6.45) is 1.46. The third kappa shape index (κ3) is 2.85. The largest absolute Gasteiger partial charge is 0.491 e. The number of Topliss-reactive ketones (excluding diaryl/α,β-unsaturated/α-hetero) is 2. The number of nitro groups is 1. The van der Waals surface area contributed by atoms with Crippen LogP contribution in [0.2, 0.25) is 0 Å². The summed E-state index contributed by atoms with van der Waals surface area (Å²) in [7, 11) is 1.31. The van der Waals surface area contributed by atoms with Gasteiger partial charge in [-0.2, -0.15) is 0 Å². The molecule has 0 saturated carbocycles. The van der Waals surface area contributed by atoms with Gasteiger partial charge in [0.1, 0.15) is 4.48 Å². The molecule has 25 heavy (non-hydrogen) atoms. The van der Waals surface area contributed by atoms with Crippen molar-refractivity contribution in [3.05, 3.63) is 79.3 Å². The topological polar surface area (TPSA) is 99.4 Å². The van der Waals surface area contributed by atoms with Crippen LogP contribution in [-0.2, 0) is 11.2 Å². The molecule has 0 bridgehead atoms. The zero-order valence-corrected chi connectivity index (χ0v) is 14.6. The summed E-state index contributed by atoms with van der Waals surface area (Å²) in [6.45, 7) is 0. The van der Waals surface area contributed by atoms with Crippen molar-refractivity contribution >= 4 is 33.2 Å². The quantitative estimate of drug-likeness (QED) is 0.574. The van der Waals surface area contributed by atoms with Crippen LogP contribution in [0.15, 0.2) is 46.8 Å². The number of carbonyl (C=O) groups is 2. The molecule has 0 atom stereocenters. The van der Waals surface area contributed by atoms with Crippen LogP contribution < -0.4 is 0 Å². The van der Waals surface area contributed by atoms with Gasteiger partial charge in [-0.25, -0.2) is 0 Å². The van der Waals surface area contributed by atoms with Gasteiger partial charge in [-0.15, -0.1) is 0 Å². The van der Waals surface area contributed by atoms with Gasteiger partial charge in [-0.3, -0.25) is 24.7 Å². The molecule has 0 radical (unpaired) electrons. The summed E-state index contributed by atoms with van der Waals surface area (Å²) < 4.78 is 5.02. The van der Waals surface area contributed by atoms with Crippen LogP contribution in [-0.4, -0.2) is 28.6 Å². The monoisotopic (exact) mass is 402 g/mol. The Bertz CT molecular complexity index is 952. The van der Waals surface area contributed by atoms with Crippen molar-refractivity contribution in [3.8, 4) is 0 Å². The summed E-state index contributed by atoms with van der Waals surface area (Å²) in [5.74, 6) is -0.941. The fraction of sp³-hybridized carbons (Fsp3) is 0.118. The van der Waals surface area contributed by atoms with E-state index in [2.05, 4.69) is 20.9 Å². The second-order valence-electron chi connectivity index (χ2n) is 5.25. The number of para-hydroxylation sites is 1. The molecule has 1 aromatic heterocycles. The van der Waals surface area contributed by atoms with Gasteiger partial charge in [0.15, 0.2) is 5.76 Å². The molecule has 0 saturated heterocycles. The van der Waals surface area contributed by atoms with Crippen LogP contribution in [0, 0.1) is 10.1 Å². The Morgan fingerprint density at radius 2 is 1.92 bits per heavy atom. The summed E-state index contributed by atoms with van der Waals surface area (Å²) in [5, 5.41) is 11.2. The van der Waals surface area contributed by atoms with E-state index in [0.717, 1.165) is 0 Å². The van der Waals surface area contributed by atoms with E-state index in [4.69, 9.17) is 4.74 Å². The highest BCUT2D eigenvalue weighted by atomic mass is 79.9. The molecule has 0 unspecified atom stereocenters. The highest BCUT2D eigenvalue weighted by Gasteiger charge is 2.34. The summed E-state index contributed by atoms with van der Waals surface area (Å²) in [6, 6.07) is 7.66. The molecule has 0 amide bonds. The molecule has 2 aromatic rings. The van der Waals surface area contributed by atoms with Crippen molar-refractivity contribution in [2.24, 2.45) is 0 Å². The lowest BCUT2D eigenvalue weighted by molar-refractivity contribution is -0.385. The maximum absolute atomic E-state index is 12.7. The second-order valence-corrected chi connectivity index (χ2v) is 6.04. The van der Waals surface area contributed by atoms with E-state index in [0.29, 0.717) is 11.3 Å². The first-order valence-electron chi connectivity index (χ1n) is 7.19. The lowest BCUT2D eigenvalue weighted by Gasteiger charge is -2.19. The van der Waals surface area contributed by atoms with Gasteiger partial charge >= 0.3 is 0 Å². The number of aromatic nitrogens is 1. The Hall–Kier alpha value is -2.87. The van der Waals surface area contributed by atoms with Crippen molar-refractivity contribution < 1.29 is 19.2 Å². The maximum atomic E-state index is 12.7. The minimum Gasteiger partial charge on any atom is -0.491 e. The number of nitrogens with zero attached hydrogens (tertiary/aromatic N) is 2. The van der Waals surface area contributed by atoms with Crippen molar-refractivity contribution in [2.75, 3.05) is 7.11 Å². The maximum Gasteiger partial charge on any atom is 0.272 e. The SMILES string of the molecule is COC1=C(Br)C(=O)c2c(ccnc2Cc2ccccc2[N+](=O)[O-])C1=O. The number of pyridine rings is 1. The van der Waals surface area contributed by atoms with Crippen molar-refractivity contribution in [3.63, 3.8) is 0 Å². The zero-order valence-electron chi connectivity index (χ0n) is 13.0. The molecule has 8 heteroatoms. The van der Waals surface area contributed by atoms with Crippen LogP contribution in [0.4, 0.5) is 5.69 Å². The average molecular weight is 403 g/mol. The minimum absolute atomic E-state index is 0.0179. The Morgan fingerprint density at radius 1 is 1.20 bits per heavy atom. The Morgan fingerprint density at radius 3 is 2.60 bits per heavy atom. The molecule has 1 aliphatic rings. The van der Waals surface area contributed by atoms with Gasteiger partial charge in [0.25, 0.3) is 5.69 Å². The first kappa shape index (κ1) is 17.0. The summed E-state index contributed by atoms with van der Waals surface area (Å²) >= 11 is 3.10. The van der Waals surface area contributed by atoms with E-state index in [-0.39, 0.29) is 33.5 Å². The molecule has 7 nitrogen and oxygen atoms in total. The number of benzene rings is 1. The smallest absolute Gasteiger partial charge is 0.272 e. The van der Waals surface area contributed by atoms with Gasteiger partial charge in [0.05, 0.1) is 23.3 Å². The first-order valence-corrected chi connectivity index (χ1v) is 7.98. The van der Waals surface area contributed by atoms with E-state index < -0.39 is 16.5 Å². The number of halogens is 1. The highest BCUT2D eigenvalue weighted by Crippen LogP contribution is 2.32. The van der Waals surface area contributed by atoms with E-state index in [1.54, 1.807) is 18.2 Å². The molecule has 1 heterocycles. The lowest BCUT2D eigenvalue weighted by atomic mass is 9.90. The Labute approximate surface area is 150 Å². The van der Waals surface area contributed by atoms with Crippen LogP contribution in [0.1, 0.15) is 32.0 Å². The molecule has 126 valence electrons. The predicted molar refractivity (Wildman–Crippen MR) is 91.8 cm³/mol. The van der Waals surface area contributed by atoms with Gasteiger partial charge in [0.2, 0.25) is 11.6 Å². The predicted octanol–water partition coefficient (Wildman–Crippen LogP) is 3.21. The van der Waals surface area contributed by atoms with Crippen LogP contribution in [0.25, 0.3) is 0 Å². The Kier molecular flexibility index (Phi) is 4.45. The fourth-order valence-corrected chi connectivity index (χ4v) is 3.26. The molecule has 1 aliphatic carbocycles. The third-order valence-corrected chi connectivity index (χ3v) is 4.58. The van der Waals surface area contributed by atoms with Crippen LogP contribution in [0.3, 0.4) is 0 Å². The molecular formula is C17H11BrN2O5. The molecule has 0 fully saturated rings. The number of fused-ring (bicyclic) bond motifs is 1. The zero-order chi connectivity index (χ0) is 18.1. The fourth-order valence-electron chi connectivity index (χ4n) is 2.72. The number of ketones is 2. The molecule has 0 N–H and O–H groups in total. The number of hydrogen-bond acceptors (Lipinski definition) is 6. The number of rotatable bonds is 4. The number of allylic oxidation sites excluding steroid dienone is 2. The van der Waals surface area contributed by atoms with Gasteiger partial charge in [0, 0.05) is 29.8 Å². The molecular weight excluding hydrogens is 392 g/mol. The standard InChI is InChI=1S/C17H11BrN2O5/c1-25-17-14(18)16(22)13-10(15(17)21)6-7-19-11(13)8-9-4-2-3-5-12(9)20(23)24/h2-7H,8H2,1H3. The van der Waals surface area contributed by atoms with Crippen molar-refractivity contribution in [2.45, 2.75) is 6.42 Å². The van der Waals surface area contributed by atoms with Crippen molar-refractivity contribution in [1.82, 2.24) is 4.98 Å². The highest BCUT2D eigenvalue weighted by molar-refractivity contribution is 9.12. The van der Waals surface area contributed by atoms with Gasteiger partial charge < -0.3 is 4.74 Å². The average Bonchev–Trinajstić information content (AvgIpc) is 2.60. The van der Waals surface area contributed by atoms with E-state index in [9.17, 15) is 19.7 Å². The molecule has 0 spiro atoms. The number of nitro benzene ring substituents is 1. The van der Waals surface area contributed by atoms with Gasteiger partial charge in [-0.1, -0.05) is 18.2 Å². The molecule has 3 rings (SSSR count). The van der Waals surface area contributed by atoms with Gasteiger partial charge in [-0.05, 0) is 22.0 Å². The number of carbonyl (C=O) groups excluding carboxylic acids is 2. The number of ether oxygens (including phenoxy) is 1. The van der Waals surface area contributed by atoms with E-state index in [1.807, 2.05) is 0 Å². The Balaban J connectivity index is 2.13. The van der Waals surface area contributed by atoms with E-state index >= 15 is 0 Å². The lowest BCUT2D eigenvalue weighted by Crippen LogP contribution is -2.23. The minimum atomic E-state index is -0.490. The summed E-state index contributed by atoms with van der Waals surface area (Å²) in [5.41, 5.74) is 0.958.